The lowest BCUT2D eigenvalue weighted by atomic mass is 10.0. The van der Waals surface area contributed by atoms with Gasteiger partial charge >= 0.3 is 11.7 Å². The van der Waals surface area contributed by atoms with Gasteiger partial charge in [0.1, 0.15) is 17.4 Å². The summed E-state index contributed by atoms with van der Waals surface area (Å²) in [6.07, 6.45) is 0. The van der Waals surface area contributed by atoms with E-state index in [1.54, 1.807) is 18.2 Å². The number of rotatable bonds is 7. The van der Waals surface area contributed by atoms with Crippen LogP contribution in [-0.4, -0.2) is 30.6 Å². The van der Waals surface area contributed by atoms with Crippen LogP contribution < -0.4 is 10.6 Å². The number of carbonyl (C=O) groups excluding carboxylic acids is 1. The quantitative estimate of drug-likeness (QED) is 0.456. The molecule has 0 amide bonds. The van der Waals surface area contributed by atoms with Gasteiger partial charge in [-0.2, -0.15) is 0 Å². The van der Waals surface area contributed by atoms with Crippen molar-refractivity contribution < 1.29 is 14.5 Å². The van der Waals surface area contributed by atoms with E-state index in [1.807, 2.05) is 20.8 Å². The zero-order valence-corrected chi connectivity index (χ0v) is 12.7. The highest BCUT2D eigenvalue weighted by Gasteiger charge is 2.27. The van der Waals surface area contributed by atoms with Crippen molar-refractivity contribution in [1.82, 2.24) is 0 Å². The first-order valence-corrected chi connectivity index (χ1v) is 6.78. The Hall–Kier alpha value is -2.31. The van der Waals surface area contributed by atoms with Crippen LogP contribution in [0.2, 0.25) is 0 Å². The Morgan fingerprint density at radius 1 is 1.38 bits per heavy atom. The van der Waals surface area contributed by atoms with Gasteiger partial charge in [0, 0.05) is 6.54 Å². The van der Waals surface area contributed by atoms with Gasteiger partial charge in [0.15, 0.2) is 0 Å². The maximum atomic E-state index is 11.8. The molecule has 0 saturated heterocycles. The molecule has 1 aromatic rings. The van der Waals surface area contributed by atoms with Crippen LogP contribution in [0.25, 0.3) is 0 Å². The Labute approximate surface area is 123 Å². The summed E-state index contributed by atoms with van der Waals surface area (Å²) in [5.74, 6) is -0.520. The molecule has 2 N–H and O–H groups in total. The lowest BCUT2D eigenvalue weighted by Gasteiger charge is -2.21. The first-order valence-electron chi connectivity index (χ1n) is 6.78. The molecule has 1 unspecified atom stereocenters. The number of anilines is 2. The number of nitro benzene ring substituents is 1. The van der Waals surface area contributed by atoms with Crippen molar-refractivity contribution in [2.45, 2.75) is 26.8 Å². The highest BCUT2D eigenvalue weighted by atomic mass is 16.6. The Bertz CT molecular complexity index is 517. The fraction of sp³-hybridized carbons (Fsp3) is 0.500. The number of nitrogens with one attached hydrogen (secondary N) is 2. The highest BCUT2D eigenvalue weighted by Crippen LogP contribution is 2.33. The number of nitrogens with zero attached hydrogens (tertiary/aromatic N) is 1. The molecule has 0 heterocycles. The molecule has 21 heavy (non-hydrogen) atoms. The molecule has 0 bridgehead atoms. The van der Waals surface area contributed by atoms with Gasteiger partial charge in [0.25, 0.3) is 0 Å². The van der Waals surface area contributed by atoms with E-state index in [2.05, 4.69) is 10.6 Å². The number of ether oxygens (including phenoxy) is 1. The van der Waals surface area contributed by atoms with E-state index in [0.717, 1.165) is 0 Å². The molecule has 1 rings (SSSR count). The smallest absolute Gasteiger partial charge is 0.328 e. The summed E-state index contributed by atoms with van der Waals surface area (Å²) in [5, 5.41) is 17.2. The van der Waals surface area contributed by atoms with Crippen LogP contribution >= 0.6 is 0 Å². The van der Waals surface area contributed by atoms with Gasteiger partial charge in [-0.25, -0.2) is 4.79 Å². The van der Waals surface area contributed by atoms with Crippen molar-refractivity contribution in [2.24, 2.45) is 5.92 Å². The normalized spacial score (nSPS) is 11.9. The molecule has 7 heteroatoms. The summed E-state index contributed by atoms with van der Waals surface area (Å²) in [6, 6.07) is 4.26. The summed E-state index contributed by atoms with van der Waals surface area (Å²) >= 11 is 0. The number of hydrogen-bond donors (Lipinski definition) is 2. The Morgan fingerprint density at radius 3 is 2.48 bits per heavy atom. The van der Waals surface area contributed by atoms with Crippen LogP contribution in [0.4, 0.5) is 17.1 Å². The van der Waals surface area contributed by atoms with Crippen molar-refractivity contribution in [3.05, 3.63) is 28.3 Å². The van der Waals surface area contributed by atoms with Crippen molar-refractivity contribution in [3.63, 3.8) is 0 Å². The number of para-hydroxylation sites is 1. The molecule has 0 fully saturated rings. The maximum Gasteiger partial charge on any atom is 0.328 e. The minimum Gasteiger partial charge on any atom is -0.467 e. The minimum absolute atomic E-state index is 0.0696. The largest absolute Gasteiger partial charge is 0.467 e. The second-order valence-electron chi connectivity index (χ2n) is 4.88. The zero-order chi connectivity index (χ0) is 16.0. The molecule has 0 aliphatic rings. The van der Waals surface area contributed by atoms with Crippen LogP contribution in [-0.2, 0) is 9.53 Å². The summed E-state index contributed by atoms with van der Waals surface area (Å²) < 4.78 is 4.74. The van der Waals surface area contributed by atoms with E-state index in [0.29, 0.717) is 17.9 Å². The first kappa shape index (κ1) is 16.7. The van der Waals surface area contributed by atoms with Crippen LogP contribution in [0.1, 0.15) is 20.8 Å². The van der Waals surface area contributed by atoms with Crippen molar-refractivity contribution >= 4 is 23.0 Å². The molecular weight excluding hydrogens is 274 g/mol. The third kappa shape index (κ3) is 4.08. The number of nitro groups is 1. The van der Waals surface area contributed by atoms with E-state index in [-0.39, 0.29) is 11.6 Å². The molecule has 7 nitrogen and oxygen atoms in total. The SMILES string of the molecule is CCNc1cccc(NC(C(=O)OC)C(C)C)c1[N+](=O)[O-]. The van der Waals surface area contributed by atoms with E-state index >= 15 is 0 Å². The van der Waals surface area contributed by atoms with Crippen molar-refractivity contribution in [3.8, 4) is 0 Å². The molecule has 0 aromatic heterocycles. The molecule has 0 radical (unpaired) electrons. The highest BCUT2D eigenvalue weighted by molar-refractivity contribution is 5.83. The standard InChI is InChI=1S/C14H21N3O4/c1-5-15-10-7-6-8-11(13(10)17(19)20)16-12(9(2)3)14(18)21-4/h6-9,12,15-16H,5H2,1-4H3. The number of esters is 1. The van der Waals surface area contributed by atoms with Gasteiger partial charge in [0.05, 0.1) is 12.0 Å². The van der Waals surface area contributed by atoms with Gasteiger partial charge < -0.3 is 15.4 Å². The molecule has 0 saturated carbocycles. The Morgan fingerprint density at radius 2 is 2.00 bits per heavy atom. The van der Waals surface area contributed by atoms with E-state index in [1.165, 1.54) is 7.11 Å². The summed E-state index contributed by atoms with van der Waals surface area (Å²) in [5.41, 5.74) is 0.635. The predicted molar refractivity (Wildman–Crippen MR) is 81.5 cm³/mol. The van der Waals surface area contributed by atoms with E-state index in [4.69, 9.17) is 4.74 Å². The van der Waals surface area contributed by atoms with Gasteiger partial charge in [-0.1, -0.05) is 19.9 Å². The average Bonchev–Trinajstić information content (AvgIpc) is 2.43. The second kappa shape index (κ2) is 7.47. The van der Waals surface area contributed by atoms with Gasteiger partial charge in [-0.15, -0.1) is 0 Å². The van der Waals surface area contributed by atoms with Crippen LogP contribution in [0.5, 0.6) is 0 Å². The van der Waals surface area contributed by atoms with Gasteiger partial charge in [0.2, 0.25) is 0 Å². The van der Waals surface area contributed by atoms with Gasteiger partial charge in [-0.3, -0.25) is 10.1 Å². The summed E-state index contributed by atoms with van der Waals surface area (Å²) in [7, 11) is 1.29. The maximum absolute atomic E-state index is 11.8. The number of benzene rings is 1. The molecule has 0 aliphatic carbocycles. The predicted octanol–water partition coefficient (Wildman–Crippen LogP) is 2.64. The first-order chi connectivity index (χ1) is 9.92. The van der Waals surface area contributed by atoms with E-state index < -0.39 is 16.9 Å². The van der Waals surface area contributed by atoms with Crippen LogP contribution in [0.15, 0.2) is 18.2 Å². The fourth-order valence-corrected chi connectivity index (χ4v) is 1.98. The third-order valence-corrected chi connectivity index (χ3v) is 3.02. The molecular formula is C14H21N3O4. The molecule has 116 valence electrons. The minimum atomic E-state index is -0.648. The molecule has 0 aliphatic heterocycles. The molecule has 0 spiro atoms. The van der Waals surface area contributed by atoms with Crippen LogP contribution in [0.3, 0.4) is 0 Å². The van der Waals surface area contributed by atoms with E-state index in [9.17, 15) is 14.9 Å². The lowest BCUT2D eigenvalue weighted by molar-refractivity contribution is -0.383. The fourth-order valence-electron chi connectivity index (χ4n) is 1.98. The number of methoxy groups -OCH3 is 1. The number of hydrogen-bond acceptors (Lipinski definition) is 6. The second-order valence-corrected chi connectivity index (χ2v) is 4.88. The Kier molecular flexibility index (Phi) is 5.95. The third-order valence-electron chi connectivity index (χ3n) is 3.02. The average molecular weight is 295 g/mol. The van der Waals surface area contributed by atoms with Gasteiger partial charge in [-0.05, 0) is 25.0 Å². The number of carbonyl (C=O) groups is 1. The molecule has 1 aromatic carbocycles. The summed E-state index contributed by atoms with van der Waals surface area (Å²) in [6.45, 7) is 6.10. The lowest BCUT2D eigenvalue weighted by Crippen LogP contribution is -2.35. The molecule has 1 atom stereocenters. The monoisotopic (exact) mass is 295 g/mol. The van der Waals surface area contributed by atoms with Crippen LogP contribution in [0, 0.1) is 16.0 Å². The zero-order valence-electron chi connectivity index (χ0n) is 12.7. The Balaban J connectivity index is 3.19. The summed E-state index contributed by atoms with van der Waals surface area (Å²) in [4.78, 5) is 22.6. The topological polar surface area (TPSA) is 93.5 Å². The van der Waals surface area contributed by atoms with Crippen molar-refractivity contribution in [1.29, 1.82) is 0 Å². The van der Waals surface area contributed by atoms with Crippen molar-refractivity contribution in [2.75, 3.05) is 24.3 Å².